The molecule has 1 aromatic heterocycles. The number of hydrogen-bond acceptors (Lipinski definition) is 4. The summed E-state index contributed by atoms with van der Waals surface area (Å²) < 4.78 is 10.1. The number of unbranched alkanes of at least 4 members (excludes halogenated alkanes) is 1. The van der Waals surface area contributed by atoms with Crippen LogP contribution in [-0.2, 0) is 17.6 Å². The molecule has 0 saturated carbocycles. The van der Waals surface area contributed by atoms with Gasteiger partial charge in [0.15, 0.2) is 0 Å². The summed E-state index contributed by atoms with van der Waals surface area (Å²) in [5.74, 6) is 1.38. The van der Waals surface area contributed by atoms with Crippen LogP contribution >= 0.6 is 0 Å². The van der Waals surface area contributed by atoms with Gasteiger partial charge in [-0.3, -0.25) is 0 Å². The predicted molar refractivity (Wildman–Crippen MR) is 128 cm³/mol. The molecule has 0 aliphatic carbocycles. The van der Waals surface area contributed by atoms with Crippen LogP contribution in [-0.4, -0.2) is 49.7 Å². The van der Waals surface area contributed by atoms with Gasteiger partial charge >= 0.3 is 5.97 Å². The number of aryl methyl sites for hydroxylation is 1. The van der Waals surface area contributed by atoms with Gasteiger partial charge in [0.05, 0.1) is 19.8 Å². The second-order valence-corrected chi connectivity index (χ2v) is 8.88. The molecule has 1 N–H and O–H groups in total. The van der Waals surface area contributed by atoms with E-state index >= 15 is 0 Å². The molecule has 5 heteroatoms. The fourth-order valence-corrected chi connectivity index (χ4v) is 4.90. The smallest absolute Gasteiger partial charge is 0.337 e. The van der Waals surface area contributed by atoms with Crippen LogP contribution in [0.5, 0.6) is 5.75 Å². The van der Waals surface area contributed by atoms with Crippen LogP contribution in [0.2, 0.25) is 0 Å². The van der Waals surface area contributed by atoms with Crippen LogP contribution in [0.25, 0.3) is 10.9 Å². The molecule has 0 amide bonds. The van der Waals surface area contributed by atoms with Gasteiger partial charge in [-0.1, -0.05) is 12.1 Å². The molecule has 1 atom stereocenters. The van der Waals surface area contributed by atoms with Crippen molar-refractivity contribution < 1.29 is 14.3 Å². The molecule has 0 radical (unpaired) electrons. The van der Waals surface area contributed by atoms with E-state index in [1.54, 1.807) is 7.11 Å². The topological polar surface area (TPSA) is 54.6 Å². The maximum Gasteiger partial charge on any atom is 0.337 e. The number of esters is 1. The molecule has 5 nitrogen and oxygen atoms in total. The summed E-state index contributed by atoms with van der Waals surface area (Å²) in [4.78, 5) is 17.8. The lowest BCUT2D eigenvalue weighted by molar-refractivity contribution is 0.0601. The number of hydrogen-bond donors (Lipinski definition) is 1. The lowest BCUT2D eigenvalue weighted by Crippen LogP contribution is -2.36. The summed E-state index contributed by atoms with van der Waals surface area (Å²) in [6, 6.07) is 14.2. The quantitative estimate of drug-likeness (QED) is 0.370. The first-order valence-electron chi connectivity index (χ1n) is 11.7. The highest BCUT2D eigenvalue weighted by molar-refractivity contribution is 5.95. The Morgan fingerprint density at radius 1 is 1.12 bits per heavy atom. The van der Waals surface area contributed by atoms with Gasteiger partial charge in [0.2, 0.25) is 0 Å². The minimum Gasteiger partial charge on any atom is -0.497 e. The Hall–Kier alpha value is -2.79. The summed E-state index contributed by atoms with van der Waals surface area (Å²) in [5.41, 5.74) is 4.37. The van der Waals surface area contributed by atoms with Gasteiger partial charge in [-0.05, 0) is 99.0 Å². The van der Waals surface area contributed by atoms with E-state index in [-0.39, 0.29) is 5.97 Å². The molecule has 1 unspecified atom stereocenters. The number of fused-ring (bicyclic) bond motifs is 1. The number of benzene rings is 2. The monoisotopic (exact) mass is 434 g/mol. The standard InChI is InChI=1S/C27H34N2O3/c1-31-24-11-8-20(9-12-24)16-21-6-5-15-29(19-21)14-4-3-7-23-18-28-26-13-10-22(17-25(23)26)27(30)32-2/h8-13,17-18,21,28H,3-7,14-16,19H2,1-2H3. The van der Waals surface area contributed by atoms with Crippen LogP contribution in [0.3, 0.4) is 0 Å². The lowest BCUT2D eigenvalue weighted by Gasteiger charge is -2.33. The molecule has 3 aromatic rings. The first-order valence-corrected chi connectivity index (χ1v) is 11.7. The molecule has 1 saturated heterocycles. The number of aromatic amines is 1. The highest BCUT2D eigenvalue weighted by Crippen LogP contribution is 2.24. The van der Waals surface area contributed by atoms with Crippen molar-refractivity contribution in [1.82, 2.24) is 9.88 Å². The molecule has 0 spiro atoms. The van der Waals surface area contributed by atoms with Crippen molar-refractivity contribution in [2.24, 2.45) is 5.92 Å². The number of nitrogens with zero attached hydrogens (tertiary/aromatic N) is 1. The Morgan fingerprint density at radius 3 is 2.75 bits per heavy atom. The molecule has 1 fully saturated rings. The number of aromatic nitrogens is 1. The van der Waals surface area contributed by atoms with Crippen LogP contribution in [0.4, 0.5) is 0 Å². The SMILES string of the molecule is COC(=O)c1ccc2[nH]cc(CCCCN3CCCC(Cc4ccc(OC)cc4)C3)c2c1. The normalized spacial score (nSPS) is 16.9. The van der Waals surface area contributed by atoms with Crippen molar-refractivity contribution >= 4 is 16.9 Å². The summed E-state index contributed by atoms with van der Waals surface area (Å²) in [7, 11) is 3.14. The fraction of sp³-hybridized carbons (Fsp3) is 0.444. The third kappa shape index (κ3) is 5.52. The zero-order valence-electron chi connectivity index (χ0n) is 19.2. The number of ether oxygens (including phenoxy) is 2. The average Bonchev–Trinajstić information content (AvgIpc) is 3.24. The zero-order valence-corrected chi connectivity index (χ0v) is 19.2. The number of carbonyl (C=O) groups excluding carboxylic acids is 1. The van der Waals surface area contributed by atoms with Crippen molar-refractivity contribution in [2.45, 2.75) is 38.5 Å². The zero-order chi connectivity index (χ0) is 22.3. The summed E-state index contributed by atoms with van der Waals surface area (Å²) in [5, 5.41) is 1.13. The number of methoxy groups -OCH3 is 2. The Bertz CT molecular complexity index is 1030. The van der Waals surface area contributed by atoms with Gasteiger partial charge < -0.3 is 19.4 Å². The average molecular weight is 435 g/mol. The first-order chi connectivity index (χ1) is 15.7. The first kappa shape index (κ1) is 22.4. The number of nitrogens with one attached hydrogen (secondary N) is 1. The number of piperidine rings is 1. The minimum absolute atomic E-state index is 0.284. The van der Waals surface area contributed by atoms with Gasteiger partial charge in [0.1, 0.15) is 5.75 Å². The van der Waals surface area contributed by atoms with Crippen molar-refractivity contribution in [3.05, 3.63) is 65.4 Å². The van der Waals surface area contributed by atoms with E-state index in [0.717, 1.165) is 48.4 Å². The Balaban J connectivity index is 1.25. The molecule has 32 heavy (non-hydrogen) atoms. The third-order valence-corrected chi connectivity index (χ3v) is 6.65. The van der Waals surface area contributed by atoms with Crippen LogP contribution in [0.15, 0.2) is 48.7 Å². The predicted octanol–water partition coefficient (Wildman–Crippen LogP) is 5.24. The molecule has 1 aliphatic heterocycles. The second-order valence-electron chi connectivity index (χ2n) is 8.88. The molecule has 170 valence electrons. The van der Waals surface area contributed by atoms with E-state index in [0.29, 0.717) is 5.56 Å². The summed E-state index contributed by atoms with van der Waals surface area (Å²) in [6.45, 7) is 3.57. The van der Waals surface area contributed by atoms with Crippen molar-refractivity contribution in [1.29, 1.82) is 0 Å². The Morgan fingerprint density at radius 2 is 1.97 bits per heavy atom. The Kier molecular flexibility index (Phi) is 7.48. The summed E-state index contributed by atoms with van der Waals surface area (Å²) in [6.07, 6.45) is 9.21. The summed E-state index contributed by atoms with van der Waals surface area (Å²) >= 11 is 0. The maximum atomic E-state index is 11.9. The van der Waals surface area contributed by atoms with Gasteiger partial charge in [-0.15, -0.1) is 0 Å². The van der Waals surface area contributed by atoms with Crippen molar-refractivity contribution in [2.75, 3.05) is 33.9 Å². The second kappa shape index (κ2) is 10.7. The Labute approximate surface area is 190 Å². The van der Waals surface area contributed by atoms with E-state index in [9.17, 15) is 4.79 Å². The maximum absolute atomic E-state index is 11.9. The van der Waals surface area contributed by atoms with E-state index < -0.39 is 0 Å². The van der Waals surface area contributed by atoms with Crippen LogP contribution in [0, 0.1) is 5.92 Å². The van der Waals surface area contributed by atoms with Crippen molar-refractivity contribution in [3.8, 4) is 5.75 Å². The van der Waals surface area contributed by atoms with Crippen LogP contribution in [0.1, 0.15) is 47.2 Å². The minimum atomic E-state index is -0.284. The number of H-pyrrole nitrogens is 1. The number of rotatable bonds is 9. The number of carbonyl (C=O) groups is 1. The van der Waals surface area contributed by atoms with Gasteiger partial charge in [0, 0.05) is 23.6 Å². The van der Waals surface area contributed by atoms with Gasteiger partial charge in [-0.2, -0.15) is 0 Å². The van der Waals surface area contributed by atoms with E-state index in [1.807, 2.05) is 18.2 Å². The molecule has 4 rings (SSSR count). The van der Waals surface area contributed by atoms with Crippen molar-refractivity contribution in [3.63, 3.8) is 0 Å². The third-order valence-electron chi connectivity index (χ3n) is 6.65. The molecule has 2 aromatic carbocycles. The molecule has 1 aliphatic rings. The molecule has 2 heterocycles. The lowest BCUT2D eigenvalue weighted by atomic mass is 9.91. The number of likely N-dealkylation sites (tertiary alicyclic amines) is 1. The highest BCUT2D eigenvalue weighted by Gasteiger charge is 2.20. The van der Waals surface area contributed by atoms with E-state index in [1.165, 1.54) is 50.6 Å². The van der Waals surface area contributed by atoms with Gasteiger partial charge in [-0.25, -0.2) is 4.79 Å². The molecular weight excluding hydrogens is 400 g/mol. The molecule has 0 bridgehead atoms. The largest absolute Gasteiger partial charge is 0.497 e. The van der Waals surface area contributed by atoms with E-state index in [4.69, 9.17) is 9.47 Å². The highest BCUT2D eigenvalue weighted by atomic mass is 16.5. The van der Waals surface area contributed by atoms with E-state index in [2.05, 4.69) is 40.3 Å². The van der Waals surface area contributed by atoms with Gasteiger partial charge in [0.25, 0.3) is 0 Å². The fourth-order valence-electron chi connectivity index (χ4n) is 4.90. The van der Waals surface area contributed by atoms with Crippen LogP contribution < -0.4 is 4.74 Å². The molecular formula is C27H34N2O3.